The molecule has 5 heteroatoms. The lowest BCUT2D eigenvalue weighted by Gasteiger charge is -2.24. The van der Waals surface area contributed by atoms with Crippen LogP contribution in [0.25, 0.3) is 22.2 Å². The minimum absolute atomic E-state index is 0. The van der Waals surface area contributed by atoms with Gasteiger partial charge in [-0.15, -0.1) is 12.4 Å². The van der Waals surface area contributed by atoms with E-state index < -0.39 is 0 Å². The predicted octanol–water partition coefficient (Wildman–Crippen LogP) is 5.22. The van der Waals surface area contributed by atoms with E-state index in [1.54, 1.807) is 6.33 Å². The van der Waals surface area contributed by atoms with E-state index in [1.807, 2.05) is 0 Å². The Hall–Kier alpha value is -2.66. The molecule has 0 saturated heterocycles. The smallest absolute Gasteiger partial charge is 0.0931 e. The second kappa shape index (κ2) is 10.4. The number of rotatable bonds is 8. The quantitative estimate of drug-likeness (QED) is 0.424. The molecule has 30 heavy (non-hydrogen) atoms. The maximum atomic E-state index is 4.39. The SMILES string of the molecule is CN(C)CCN(Cc1ccccc1)Cc1cccc(-c2ccc3[nH]cnc3c2)c1.Cl. The first-order valence-corrected chi connectivity index (χ1v) is 10.1. The molecule has 0 unspecified atom stereocenters. The molecule has 156 valence electrons. The van der Waals surface area contributed by atoms with Crippen molar-refractivity contribution in [2.75, 3.05) is 27.2 Å². The van der Waals surface area contributed by atoms with E-state index >= 15 is 0 Å². The zero-order valence-electron chi connectivity index (χ0n) is 17.6. The van der Waals surface area contributed by atoms with Gasteiger partial charge in [-0.25, -0.2) is 4.98 Å². The zero-order chi connectivity index (χ0) is 20.1. The summed E-state index contributed by atoms with van der Waals surface area (Å²) >= 11 is 0. The Kier molecular flexibility index (Phi) is 7.63. The van der Waals surface area contributed by atoms with E-state index in [0.717, 1.165) is 37.2 Å². The van der Waals surface area contributed by atoms with Crippen LogP contribution in [0.15, 0.2) is 79.1 Å². The molecule has 1 heterocycles. The van der Waals surface area contributed by atoms with E-state index in [4.69, 9.17) is 0 Å². The van der Waals surface area contributed by atoms with E-state index in [0.29, 0.717) is 0 Å². The van der Waals surface area contributed by atoms with Gasteiger partial charge in [0.25, 0.3) is 0 Å². The van der Waals surface area contributed by atoms with E-state index in [9.17, 15) is 0 Å². The molecule has 0 bridgehead atoms. The molecule has 1 aromatic heterocycles. The molecule has 0 atom stereocenters. The summed E-state index contributed by atoms with van der Waals surface area (Å²) in [5, 5.41) is 0. The fourth-order valence-electron chi connectivity index (χ4n) is 3.62. The number of nitrogens with zero attached hydrogens (tertiary/aromatic N) is 3. The molecule has 0 aliphatic rings. The largest absolute Gasteiger partial charge is 0.345 e. The first-order chi connectivity index (χ1) is 14.2. The summed E-state index contributed by atoms with van der Waals surface area (Å²) in [6, 6.07) is 26.0. The molecule has 0 fully saturated rings. The number of aromatic amines is 1. The predicted molar refractivity (Wildman–Crippen MR) is 128 cm³/mol. The van der Waals surface area contributed by atoms with Gasteiger partial charge in [-0.05, 0) is 54.5 Å². The Morgan fingerprint density at radius 1 is 0.767 bits per heavy atom. The molecule has 0 amide bonds. The van der Waals surface area contributed by atoms with Crippen LogP contribution in [-0.2, 0) is 13.1 Å². The molecule has 0 spiro atoms. The van der Waals surface area contributed by atoms with Gasteiger partial charge < -0.3 is 9.88 Å². The molecule has 3 aromatic carbocycles. The molecular formula is C25H29ClN4. The maximum absolute atomic E-state index is 4.39. The van der Waals surface area contributed by atoms with Gasteiger partial charge >= 0.3 is 0 Å². The number of halogens is 1. The third-order valence-electron chi connectivity index (χ3n) is 5.20. The molecular weight excluding hydrogens is 392 g/mol. The number of imidazole rings is 1. The summed E-state index contributed by atoms with van der Waals surface area (Å²) in [5.41, 5.74) is 7.20. The second-order valence-electron chi connectivity index (χ2n) is 7.83. The third kappa shape index (κ3) is 5.70. The zero-order valence-corrected chi connectivity index (χ0v) is 18.4. The summed E-state index contributed by atoms with van der Waals surface area (Å²) in [5.74, 6) is 0. The number of hydrogen-bond donors (Lipinski definition) is 1. The lowest BCUT2D eigenvalue weighted by Crippen LogP contribution is -2.31. The van der Waals surface area contributed by atoms with Crippen molar-refractivity contribution in [3.63, 3.8) is 0 Å². The summed E-state index contributed by atoms with van der Waals surface area (Å²) in [7, 11) is 4.26. The van der Waals surface area contributed by atoms with Crippen LogP contribution >= 0.6 is 12.4 Å². The highest BCUT2D eigenvalue weighted by Gasteiger charge is 2.09. The van der Waals surface area contributed by atoms with Crippen molar-refractivity contribution in [3.8, 4) is 11.1 Å². The van der Waals surface area contributed by atoms with Crippen LogP contribution in [0.2, 0.25) is 0 Å². The number of nitrogens with one attached hydrogen (secondary N) is 1. The molecule has 0 aliphatic heterocycles. The van der Waals surface area contributed by atoms with Gasteiger partial charge in [-0.3, -0.25) is 4.90 Å². The van der Waals surface area contributed by atoms with Crippen LogP contribution in [0.5, 0.6) is 0 Å². The first kappa shape index (κ1) is 22.0. The van der Waals surface area contributed by atoms with Gasteiger partial charge in [-0.1, -0.05) is 54.6 Å². The summed E-state index contributed by atoms with van der Waals surface area (Å²) < 4.78 is 0. The standard InChI is InChI=1S/C25H28N4.ClH/c1-28(2)13-14-29(17-20-7-4-3-5-8-20)18-21-9-6-10-22(15-21)23-11-12-24-25(16-23)27-19-26-24;/h3-12,15-16,19H,13-14,17-18H2,1-2H3,(H,26,27);1H. The highest BCUT2D eigenvalue weighted by atomic mass is 35.5. The van der Waals surface area contributed by atoms with Crippen molar-refractivity contribution < 1.29 is 0 Å². The Balaban J connectivity index is 0.00000256. The minimum atomic E-state index is 0. The third-order valence-corrected chi connectivity index (χ3v) is 5.20. The molecule has 0 aliphatic carbocycles. The van der Waals surface area contributed by atoms with Gasteiger partial charge in [-0.2, -0.15) is 0 Å². The summed E-state index contributed by atoms with van der Waals surface area (Å²) in [6.07, 6.45) is 1.75. The molecule has 4 rings (SSSR count). The second-order valence-corrected chi connectivity index (χ2v) is 7.83. The number of hydrogen-bond acceptors (Lipinski definition) is 3. The van der Waals surface area contributed by atoms with Crippen molar-refractivity contribution in [2.45, 2.75) is 13.1 Å². The topological polar surface area (TPSA) is 35.2 Å². The summed E-state index contributed by atoms with van der Waals surface area (Å²) in [6.45, 7) is 3.97. The van der Waals surface area contributed by atoms with Crippen molar-refractivity contribution in [1.82, 2.24) is 19.8 Å². The van der Waals surface area contributed by atoms with E-state index in [2.05, 4.69) is 107 Å². The molecule has 0 radical (unpaired) electrons. The molecule has 0 saturated carbocycles. The molecule has 4 aromatic rings. The van der Waals surface area contributed by atoms with Crippen LogP contribution in [0, 0.1) is 0 Å². The average molecular weight is 421 g/mol. The van der Waals surface area contributed by atoms with Gasteiger partial charge in [0, 0.05) is 26.2 Å². The van der Waals surface area contributed by atoms with Crippen LogP contribution < -0.4 is 0 Å². The van der Waals surface area contributed by atoms with Crippen LogP contribution in [0.3, 0.4) is 0 Å². The van der Waals surface area contributed by atoms with Crippen LogP contribution in [0.4, 0.5) is 0 Å². The Bertz CT molecular complexity index is 1060. The van der Waals surface area contributed by atoms with Gasteiger partial charge in [0.2, 0.25) is 0 Å². The van der Waals surface area contributed by atoms with E-state index in [1.165, 1.54) is 22.3 Å². The Morgan fingerprint density at radius 2 is 1.50 bits per heavy atom. The fourth-order valence-corrected chi connectivity index (χ4v) is 3.62. The average Bonchev–Trinajstić information content (AvgIpc) is 3.21. The van der Waals surface area contributed by atoms with E-state index in [-0.39, 0.29) is 12.4 Å². The fraction of sp³-hybridized carbons (Fsp3) is 0.240. The van der Waals surface area contributed by atoms with Crippen LogP contribution in [-0.4, -0.2) is 47.0 Å². The van der Waals surface area contributed by atoms with Crippen molar-refractivity contribution in [1.29, 1.82) is 0 Å². The normalized spacial score (nSPS) is 11.2. The number of benzene rings is 3. The monoisotopic (exact) mass is 420 g/mol. The van der Waals surface area contributed by atoms with Crippen molar-refractivity contribution >= 4 is 23.4 Å². The first-order valence-electron chi connectivity index (χ1n) is 10.1. The van der Waals surface area contributed by atoms with Gasteiger partial charge in [0.15, 0.2) is 0 Å². The molecule has 4 nitrogen and oxygen atoms in total. The van der Waals surface area contributed by atoms with Crippen molar-refractivity contribution in [3.05, 3.63) is 90.3 Å². The number of likely N-dealkylation sites (N-methyl/N-ethyl adjacent to an activating group) is 1. The number of H-pyrrole nitrogens is 1. The summed E-state index contributed by atoms with van der Waals surface area (Å²) in [4.78, 5) is 12.3. The van der Waals surface area contributed by atoms with Crippen molar-refractivity contribution in [2.24, 2.45) is 0 Å². The number of aromatic nitrogens is 2. The Labute approximate surface area is 185 Å². The highest BCUT2D eigenvalue weighted by Crippen LogP contribution is 2.24. The maximum Gasteiger partial charge on any atom is 0.0931 e. The number of fused-ring (bicyclic) bond motifs is 1. The molecule has 1 N–H and O–H groups in total. The lowest BCUT2D eigenvalue weighted by molar-refractivity contribution is 0.226. The van der Waals surface area contributed by atoms with Crippen LogP contribution in [0.1, 0.15) is 11.1 Å². The van der Waals surface area contributed by atoms with Gasteiger partial charge in [0.05, 0.1) is 17.4 Å². The van der Waals surface area contributed by atoms with Gasteiger partial charge in [0.1, 0.15) is 0 Å². The highest BCUT2D eigenvalue weighted by molar-refractivity contribution is 5.85. The minimum Gasteiger partial charge on any atom is -0.345 e. The Morgan fingerprint density at radius 3 is 2.30 bits per heavy atom. The lowest BCUT2D eigenvalue weighted by atomic mass is 10.0.